The van der Waals surface area contributed by atoms with Gasteiger partial charge in [-0.15, -0.1) is 0 Å². The summed E-state index contributed by atoms with van der Waals surface area (Å²) in [6.45, 7) is 6.13. The highest BCUT2D eigenvalue weighted by Crippen LogP contribution is 2.10. The zero-order chi connectivity index (χ0) is 11.6. The lowest BCUT2D eigenvalue weighted by Gasteiger charge is -2.18. The maximum atomic E-state index is 5.76. The highest BCUT2D eigenvalue weighted by atomic mass is 16.5. The average molecular weight is 221 g/mol. The second-order valence-electron chi connectivity index (χ2n) is 4.02. The van der Waals surface area contributed by atoms with E-state index in [1.54, 1.807) is 0 Å². The molecule has 0 spiro atoms. The monoisotopic (exact) mass is 221 g/mol. The van der Waals surface area contributed by atoms with Gasteiger partial charge in [0.1, 0.15) is 12.4 Å². The van der Waals surface area contributed by atoms with Crippen LogP contribution in [-0.4, -0.2) is 19.2 Å². The minimum Gasteiger partial charge on any atom is -0.492 e. The summed E-state index contributed by atoms with van der Waals surface area (Å²) in [6, 6.07) is 10.5. The van der Waals surface area contributed by atoms with Crippen LogP contribution in [0.5, 0.6) is 5.75 Å². The van der Waals surface area contributed by atoms with Crippen LogP contribution in [-0.2, 0) is 0 Å². The smallest absolute Gasteiger partial charge is 0.119 e. The van der Waals surface area contributed by atoms with Crippen LogP contribution in [0.3, 0.4) is 0 Å². The van der Waals surface area contributed by atoms with Crippen molar-refractivity contribution in [3.05, 3.63) is 30.3 Å². The molecule has 0 saturated carbocycles. The Kier molecular flexibility index (Phi) is 6.66. The number of likely N-dealkylation sites (N-methyl/N-ethyl adjacent to an activating group) is 1. The van der Waals surface area contributed by atoms with Gasteiger partial charge in [-0.05, 0) is 25.1 Å². The van der Waals surface area contributed by atoms with Crippen LogP contribution in [0.4, 0.5) is 0 Å². The Bertz CT molecular complexity index is 261. The van der Waals surface area contributed by atoms with Crippen molar-refractivity contribution >= 4 is 0 Å². The van der Waals surface area contributed by atoms with Gasteiger partial charge < -0.3 is 10.1 Å². The van der Waals surface area contributed by atoms with E-state index < -0.39 is 0 Å². The number of nitrogens with one attached hydrogen (secondary N) is 1. The summed E-state index contributed by atoms with van der Waals surface area (Å²) < 4.78 is 5.76. The van der Waals surface area contributed by atoms with E-state index in [4.69, 9.17) is 4.74 Å². The summed E-state index contributed by atoms with van der Waals surface area (Å²) in [5.41, 5.74) is 0. The largest absolute Gasteiger partial charge is 0.492 e. The second kappa shape index (κ2) is 8.17. The van der Waals surface area contributed by atoms with E-state index in [9.17, 15) is 0 Å². The van der Waals surface area contributed by atoms with Crippen molar-refractivity contribution in [2.45, 2.75) is 39.2 Å². The zero-order valence-electron chi connectivity index (χ0n) is 10.4. The molecule has 90 valence electrons. The predicted molar refractivity (Wildman–Crippen MR) is 68.9 cm³/mol. The van der Waals surface area contributed by atoms with Gasteiger partial charge in [0.15, 0.2) is 0 Å². The molecule has 0 aliphatic heterocycles. The molecular formula is C14H23NO. The Morgan fingerprint density at radius 3 is 2.56 bits per heavy atom. The fourth-order valence-electron chi connectivity index (χ4n) is 1.70. The van der Waals surface area contributed by atoms with E-state index in [1.165, 1.54) is 19.3 Å². The average Bonchev–Trinajstić information content (AvgIpc) is 2.34. The number of ether oxygens (including phenoxy) is 1. The molecule has 0 aliphatic carbocycles. The maximum Gasteiger partial charge on any atom is 0.119 e. The number of rotatable bonds is 8. The third-order valence-electron chi connectivity index (χ3n) is 2.59. The maximum absolute atomic E-state index is 5.76. The molecule has 1 atom stereocenters. The molecular weight excluding hydrogens is 198 g/mol. The van der Waals surface area contributed by atoms with Gasteiger partial charge in [-0.25, -0.2) is 0 Å². The summed E-state index contributed by atoms with van der Waals surface area (Å²) in [4.78, 5) is 0. The number of para-hydroxylation sites is 1. The number of unbranched alkanes of at least 4 members (excludes halogenated alkanes) is 1. The second-order valence-corrected chi connectivity index (χ2v) is 4.02. The SMILES string of the molecule is CCCCC(COc1ccccc1)NCC. The first-order valence-corrected chi connectivity index (χ1v) is 6.28. The molecule has 1 N–H and O–H groups in total. The molecule has 0 bridgehead atoms. The van der Waals surface area contributed by atoms with Gasteiger partial charge in [0.05, 0.1) is 0 Å². The Labute approximate surface area is 99.0 Å². The van der Waals surface area contributed by atoms with Crippen LogP contribution in [0.15, 0.2) is 30.3 Å². The van der Waals surface area contributed by atoms with E-state index in [1.807, 2.05) is 30.3 Å². The van der Waals surface area contributed by atoms with Crippen LogP contribution in [0.1, 0.15) is 33.1 Å². The molecule has 1 unspecified atom stereocenters. The van der Waals surface area contributed by atoms with Crippen molar-refractivity contribution < 1.29 is 4.74 Å². The van der Waals surface area contributed by atoms with Crippen LogP contribution in [0, 0.1) is 0 Å². The van der Waals surface area contributed by atoms with Gasteiger partial charge in [0.2, 0.25) is 0 Å². The van der Waals surface area contributed by atoms with Gasteiger partial charge in [-0.1, -0.05) is 44.9 Å². The van der Waals surface area contributed by atoms with Gasteiger partial charge in [-0.3, -0.25) is 0 Å². The molecule has 0 fully saturated rings. The molecule has 2 nitrogen and oxygen atoms in total. The Hall–Kier alpha value is -1.02. The fourth-order valence-corrected chi connectivity index (χ4v) is 1.70. The van der Waals surface area contributed by atoms with E-state index in [-0.39, 0.29) is 0 Å². The molecule has 0 aliphatic rings. The Morgan fingerprint density at radius 1 is 1.19 bits per heavy atom. The summed E-state index contributed by atoms with van der Waals surface area (Å²) in [6.07, 6.45) is 3.69. The van der Waals surface area contributed by atoms with Gasteiger partial charge in [0, 0.05) is 6.04 Å². The molecule has 1 aromatic carbocycles. The number of hydrogen-bond donors (Lipinski definition) is 1. The molecule has 1 rings (SSSR count). The van der Waals surface area contributed by atoms with Crippen molar-refractivity contribution in [1.82, 2.24) is 5.32 Å². The third-order valence-corrected chi connectivity index (χ3v) is 2.59. The Morgan fingerprint density at radius 2 is 1.94 bits per heavy atom. The number of benzene rings is 1. The molecule has 2 heteroatoms. The summed E-state index contributed by atoms with van der Waals surface area (Å²) in [5.74, 6) is 0.960. The van der Waals surface area contributed by atoms with Crippen LogP contribution < -0.4 is 10.1 Å². The highest BCUT2D eigenvalue weighted by molar-refractivity contribution is 5.20. The number of hydrogen-bond acceptors (Lipinski definition) is 2. The van der Waals surface area contributed by atoms with Crippen LogP contribution in [0.2, 0.25) is 0 Å². The predicted octanol–water partition coefficient (Wildman–Crippen LogP) is 3.23. The van der Waals surface area contributed by atoms with E-state index in [0.717, 1.165) is 18.9 Å². The molecule has 1 aromatic rings. The quantitative estimate of drug-likeness (QED) is 0.727. The summed E-state index contributed by atoms with van der Waals surface area (Å²) in [5, 5.41) is 3.46. The molecule has 16 heavy (non-hydrogen) atoms. The lowest BCUT2D eigenvalue weighted by Crippen LogP contribution is -2.34. The minimum atomic E-state index is 0.477. The van der Waals surface area contributed by atoms with Gasteiger partial charge >= 0.3 is 0 Å². The van der Waals surface area contributed by atoms with Gasteiger partial charge in [0.25, 0.3) is 0 Å². The molecule has 0 heterocycles. The summed E-state index contributed by atoms with van der Waals surface area (Å²) in [7, 11) is 0. The highest BCUT2D eigenvalue weighted by Gasteiger charge is 2.07. The minimum absolute atomic E-state index is 0.477. The topological polar surface area (TPSA) is 21.3 Å². The van der Waals surface area contributed by atoms with Crippen molar-refractivity contribution in [2.24, 2.45) is 0 Å². The van der Waals surface area contributed by atoms with E-state index in [0.29, 0.717) is 6.04 Å². The summed E-state index contributed by atoms with van der Waals surface area (Å²) >= 11 is 0. The zero-order valence-corrected chi connectivity index (χ0v) is 10.4. The van der Waals surface area contributed by atoms with Crippen molar-refractivity contribution in [2.75, 3.05) is 13.2 Å². The normalized spacial score (nSPS) is 12.4. The fraction of sp³-hybridized carbons (Fsp3) is 0.571. The molecule has 0 radical (unpaired) electrons. The Balaban J connectivity index is 2.31. The molecule has 0 aromatic heterocycles. The lowest BCUT2D eigenvalue weighted by molar-refractivity contribution is 0.256. The standard InChI is InChI=1S/C14H23NO/c1-3-5-9-13(15-4-2)12-16-14-10-7-6-8-11-14/h6-8,10-11,13,15H,3-5,9,12H2,1-2H3. The van der Waals surface area contributed by atoms with Gasteiger partial charge in [-0.2, -0.15) is 0 Å². The van der Waals surface area contributed by atoms with Crippen LogP contribution >= 0.6 is 0 Å². The third kappa shape index (κ3) is 5.17. The van der Waals surface area contributed by atoms with Crippen molar-refractivity contribution in [3.63, 3.8) is 0 Å². The van der Waals surface area contributed by atoms with E-state index >= 15 is 0 Å². The van der Waals surface area contributed by atoms with Crippen molar-refractivity contribution in [3.8, 4) is 5.75 Å². The van der Waals surface area contributed by atoms with Crippen LogP contribution in [0.25, 0.3) is 0 Å². The van der Waals surface area contributed by atoms with Crippen molar-refractivity contribution in [1.29, 1.82) is 0 Å². The molecule has 0 amide bonds. The molecule has 0 saturated heterocycles. The van der Waals surface area contributed by atoms with E-state index in [2.05, 4.69) is 19.2 Å². The lowest BCUT2D eigenvalue weighted by atomic mass is 10.1. The first-order valence-electron chi connectivity index (χ1n) is 6.28. The first-order chi connectivity index (χ1) is 7.86. The first kappa shape index (κ1) is 13.0.